The first kappa shape index (κ1) is 29.5. The summed E-state index contributed by atoms with van der Waals surface area (Å²) in [5, 5.41) is 10.3. The number of anilines is 1. The van der Waals surface area contributed by atoms with Crippen molar-refractivity contribution >= 4 is 40.5 Å². The summed E-state index contributed by atoms with van der Waals surface area (Å²) < 4.78 is 7.97. The molecular formula is C36H35N3O4S. The number of aryl methyl sites for hydroxylation is 1. The lowest BCUT2D eigenvalue weighted by Crippen LogP contribution is -2.49. The maximum Gasteiger partial charge on any atom is 0.372 e. The van der Waals surface area contributed by atoms with Gasteiger partial charge in [-0.3, -0.25) is 4.79 Å². The number of rotatable bonds is 10. The Morgan fingerprint density at radius 2 is 1.55 bits per heavy atom. The number of carbonyl (C=O) groups is 2. The number of piperazine rings is 1. The van der Waals surface area contributed by atoms with Crippen molar-refractivity contribution in [2.75, 3.05) is 37.6 Å². The van der Waals surface area contributed by atoms with Gasteiger partial charge in [-0.25, -0.2) is 9.10 Å². The van der Waals surface area contributed by atoms with Crippen LogP contribution in [0.2, 0.25) is 0 Å². The van der Waals surface area contributed by atoms with E-state index in [0.29, 0.717) is 24.2 Å². The molecule has 0 radical (unpaired) electrons. The van der Waals surface area contributed by atoms with Crippen molar-refractivity contribution < 1.29 is 19.1 Å². The average molecular weight is 606 g/mol. The van der Waals surface area contributed by atoms with Crippen LogP contribution in [0.3, 0.4) is 0 Å². The molecule has 5 aromatic rings. The van der Waals surface area contributed by atoms with Gasteiger partial charge in [0.05, 0.1) is 0 Å². The number of furan rings is 1. The van der Waals surface area contributed by atoms with Gasteiger partial charge in [-0.2, -0.15) is 0 Å². The van der Waals surface area contributed by atoms with E-state index in [1.807, 2.05) is 59.5 Å². The molecule has 0 saturated carbocycles. The summed E-state index contributed by atoms with van der Waals surface area (Å²) >= 11 is 1.67. The lowest BCUT2D eigenvalue weighted by atomic mass is 10.1. The minimum absolute atomic E-state index is 0.0115. The number of carboxylic acids is 1. The van der Waals surface area contributed by atoms with Crippen LogP contribution in [0.5, 0.6) is 0 Å². The van der Waals surface area contributed by atoms with E-state index in [9.17, 15) is 14.7 Å². The first-order valence-electron chi connectivity index (χ1n) is 14.9. The minimum Gasteiger partial charge on any atom is -0.475 e. The van der Waals surface area contributed by atoms with Crippen molar-refractivity contribution in [3.05, 3.63) is 131 Å². The van der Waals surface area contributed by atoms with Crippen molar-refractivity contribution in [1.29, 1.82) is 0 Å². The Kier molecular flexibility index (Phi) is 9.00. The molecule has 1 N–H and O–H groups in total. The normalized spacial score (nSPS) is 13.5. The average Bonchev–Trinajstić information content (AvgIpc) is 3.40. The van der Waals surface area contributed by atoms with E-state index < -0.39 is 5.97 Å². The molecule has 0 spiro atoms. The predicted octanol–water partition coefficient (Wildman–Crippen LogP) is 7.15. The third-order valence-electron chi connectivity index (χ3n) is 8.10. The number of benzene rings is 4. The Hall–Kier alpha value is -4.53. The highest BCUT2D eigenvalue weighted by Gasteiger charge is 2.24. The molecule has 1 aliphatic heterocycles. The zero-order valence-corrected chi connectivity index (χ0v) is 25.5. The van der Waals surface area contributed by atoms with E-state index in [1.54, 1.807) is 18.9 Å². The fourth-order valence-electron chi connectivity index (χ4n) is 5.72. The zero-order chi connectivity index (χ0) is 30.5. The van der Waals surface area contributed by atoms with Crippen LogP contribution in [-0.4, -0.2) is 58.9 Å². The second-order valence-electron chi connectivity index (χ2n) is 11.0. The maximum absolute atomic E-state index is 13.0. The number of para-hydroxylation sites is 1. The van der Waals surface area contributed by atoms with E-state index >= 15 is 0 Å². The van der Waals surface area contributed by atoms with Gasteiger partial charge in [-0.15, -0.1) is 0 Å². The molecule has 8 heteroatoms. The van der Waals surface area contributed by atoms with Gasteiger partial charge >= 0.3 is 5.97 Å². The number of aromatic carboxylic acids is 1. The summed E-state index contributed by atoms with van der Waals surface area (Å²) in [4.78, 5) is 30.0. The Bertz CT molecular complexity index is 1750. The molecule has 1 aromatic heterocycles. The topological polar surface area (TPSA) is 77.2 Å². The number of fused-ring (bicyclic) bond motifs is 1. The molecule has 4 aromatic carbocycles. The second-order valence-corrected chi connectivity index (χ2v) is 12.2. The third-order valence-corrected chi connectivity index (χ3v) is 9.13. The van der Waals surface area contributed by atoms with Crippen molar-refractivity contribution in [2.45, 2.75) is 24.8 Å². The molecule has 1 fully saturated rings. The van der Waals surface area contributed by atoms with Crippen molar-refractivity contribution in [3.8, 4) is 0 Å². The summed E-state index contributed by atoms with van der Waals surface area (Å²) in [6.45, 7) is 6.24. The summed E-state index contributed by atoms with van der Waals surface area (Å²) in [6.07, 6.45) is 0.895. The Morgan fingerprint density at radius 1 is 0.864 bits per heavy atom. The number of hydrogen-bond acceptors (Lipinski definition) is 6. The number of carboxylic acid groups (broad SMARTS) is 1. The van der Waals surface area contributed by atoms with E-state index in [4.69, 9.17) is 4.42 Å². The van der Waals surface area contributed by atoms with Crippen LogP contribution in [0.1, 0.15) is 37.6 Å². The van der Waals surface area contributed by atoms with E-state index in [0.717, 1.165) is 48.4 Å². The Balaban J connectivity index is 1.20. The molecule has 0 atom stereocenters. The number of carbonyl (C=O) groups excluding carboxylic acids is 1. The zero-order valence-electron chi connectivity index (χ0n) is 24.7. The van der Waals surface area contributed by atoms with E-state index in [1.165, 1.54) is 16.8 Å². The number of hydrogen-bond donors (Lipinski definition) is 1. The monoisotopic (exact) mass is 605 g/mol. The first-order valence-corrected chi connectivity index (χ1v) is 15.6. The molecule has 44 heavy (non-hydrogen) atoms. The van der Waals surface area contributed by atoms with Crippen LogP contribution in [0, 0.1) is 6.92 Å². The molecule has 0 unspecified atom stereocenters. The smallest absolute Gasteiger partial charge is 0.372 e. The summed E-state index contributed by atoms with van der Waals surface area (Å²) in [5.41, 5.74) is 5.64. The van der Waals surface area contributed by atoms with Crippen LogP contribution in [-0.2, 0) is 13.0 Å². The van der Waals surface area contributed by atoms with Gasteiger partial charge in [0.15, 0.2) is 0 Å². The largest absolute Gasteiger partial charge is 0.475 e. The first-order chi connectivity index (χ1) is 21.5. The standard InChI is InChI=1S/C36H35N3O4S/c1-26-31-24-30(16-17-33(31)43-34(26)36(41)42)44-39(19-18-27-10-4-2-5-11-27)25-29-14-8-9-15-32(29)37-20-22-38(23-21-37)35(40)28-12-6-3-7-13-28/h2-17,24H,18-23,25H2,1H3,(H,41,42). The Labute approximate surface area is 261 Å². The fourth-order valence-corrected chi connectivity index (χ4v) is 6.71. The van der Waals surface area contributed by atoms with Gasteiger partial charge in [-0.05, 0) is 72.8 Å². The quantitative estimate of drug-likeness (QED) is 0.169. The third kappa shape index (κ3) is 6.67. The molecule has 0 aliphatic carbocycles. The number of amides is 1. The van der Waals surface area contributed by atoms with Crippen LogP contribution < -0.4 is 4.90 Å². The lowest BCUT2D eigenvalue weighted by molar-refractivity contribution is 0.0663. The molecule has 6 rings (SSSR count). The van der Waals surface area contributed by atoms with E-state index in [2.05, 4.69) is 57.7 Å². The van der Waals surface area contributed by atoms with Crippen LogP contribution >= 0.6 is 11.9 Å². The minimum atomic E-state index is -1.06. The molecule has 224 valence electrons. The van der Waals surface area contributed by atoms with Crippen molar-refractivity contribution in [2.24, 2.45) is 0 Å². The van der Waals surface area contributed by atoms with Gasteiger partial charge in [-0.1, -0.05) is 66.7 Å². The molecule has 1 saturated heterocycles. The summed E-state index contributed by atoms with van der Waals surface area (Å²) in [5.74, 6) is -0.982. The molecule has 1 aliphatic rings. The highest BCUT2D eigenvalue weighted by molar-refractivity contribution is 7.97. The molecule has 0 bridgehead atoms. The van der Waals surface area contributed by atoms with Crippen molar-refractivity contribution in [1.82, 2.24) is 9.21 Å². The van der Waals surface area contributed by atoms with Gasteiger partial charge in [0, 0.05) is 66.4 Å². The van der Waals surface area contributed by atoms with Crippen molar-refractivity contribution in [3.63, 3.8) is 0 Å². The highest BCUT2D eigenvalue weighted by Crippen LogP contribution is 2.33. The van der Waals surface area contributed by atoms with Crippen LogP contribution in [0.15, 0.2) is 112 Å². The molecule has 2 heterocycles. The van der Waals surface area contributed by atoms with Gasteiger partial charge in [0.1, 0.15) is 5.58 Å². The predicted molar refractivity (Wildman–Crippen MR) is 175 cm³/mol. The van der Waals surface area contributed by atoms with Crippen LogP contribution in [0.4, 0.5) is 5.69 Å². The summed E-state index contributed by atoms with van der Waals surface area (Å²) in [6, 6.07) is 34.4. The molecular weight excluding hydrogens is 570 g/mol. The van der Waals surface area contributed by atoms with Gasteiger partial charge in [0.25, 0.3) is 5.91 Å². The maximum atomic E-state index is 13.0. The molecule has 7 nitrogen and oxygen atoms in total. The second kappa shape index (κ2) is 13.4. The summed E-state index contributed by atoms with van der Waals surface area (Å²) in [7, 11) is 0. The van der Waals surface area contributed by atoms with Gasteiger partial charge in [0.2, 0.25) is 5.76 Å². The van der Waals surface area contributed by atoms with Gasteiger partial charge < -0.3 is 19.3 Å². The fraction of sp³-hybridized carbons (Fsp3) is 0.222. The number of nitrogens with zero attached hydrogens (tertiary/aromatic N) is 3. The SMILES string of the molecule is Cc1c(C(=O)O)oc2ccc(SN(CCc3ccccc3)Cc3ccccc3N3CCN(C(=O)c4ccccc4)CC3)cc12. The highest BCUT2D eigenvalue weighted by atomic mass is 32.2. The Morgan fingerprint density at radius 3 is 2.27 bits per heavy atom. The lowest BCUT2D eigenvalue weighted by Gasteiger charge is -2.37. The molecule has 1 amide bonds. The van der Waals surface area contributed by atoms with E-state index in [-0.39, 0.29) is 11.7 Å². The van der Waals surface area contributed by atoms with Crippen LogP contribution in [0.25, 0.3) is 11.0 Å².